The maximum Gasteiger partial charge on any atom is 0.241 e. The first kappa shape index (κ1) is 16.9. The van der Waals surface area contributed by atoms with Gasteiger partial charge in [-0.05, 0) is 23.8 Å². The SMILES string of the molecule is CC(C)NCc1sccc1S(=O)(=O)NCCC1CCCC1. The number of nitrogens with one attached hydrogen (secondary N) is 2. The van der Waals surface area contributed by atoms with Crippen LogP contribution in [0.1, 0.15) is 50.8 Å². The van der Waals surface area contributed by atoms with Crippen molar-refractivity contribution in [3.63, 3.8) is 0 Å². The molecule has 0 spiro atoms. The van der Waals surface area contributed by atoms with Crippen LogP contribution in [0.3, 0.4) is 0 Å². The van der Waals surface area contributed by atoms with E-state index in [1.54, 1.807) is 6.07 Å². The van der Waals surface area contributed by atoms with E-state index in [4.69, 9.17) is 0 Å². The van der Waals surface area contributed by atoms with Gasteiger partial charge in [-0.2, -0.15) is 0 Å². The van der Waals surface area contributed by atoms with E-state index < -0.39 is 10.0 Å². The van der Waals surface area contributed by atoms with Crippen molar-refractivity contribution in [2.45, 2.75) is 63.4 Å². The van der Waals surface area contributed by atoms with Gasteiger partial charge in [-0.1, -0.05) is 39.5 Å². The Morgan fingerprint density at radius 3 is 2.71 bits per heavy atom. The lowest BCUT2D eigenvalue weighted by Gasteiger charge is -2.12. The van der Waals surface area contributed by atoms with E-state index in [0.29, 0.717) is 29.9 Å². The molecule has 120 valence electrons. The van der Waals surface area contributed by atoms with E-state index in [0.717, 1.165) is 11.3 Å². The molecular formula is C15H26N2O2S2. The molecule has 1 aromatic heterocycles. The molecule has 0 aromatic carbocycles. The normalized spacial score (nSPS) is 16.9. The fraction of sp³-hybridized carbons (Fsp3) is 0.733. The molecule has 1 aliphatic carbocycles. The molecule has 6 heteroatoms. The van der Waals surface area contributed by atoms with Crippen molar-refractivity contribution in [2.75, 3.05) is 6.54 Å². The Labute approximate surface area is 132 Å². The first-order valence-electron chi connectivity index (χ1n) is 7.78. The lowest BCUT2D eigenvalue weighted by Crippen LogP contribution is -2.28. The quantitative estimate of drug-likeness (QED) is 0.770. The van der Waals surface area contributed by atoms with Crippen LogP contribution in [0, 0.1) is 5.92 Å². The van der Waals surface area contributed by atoms with Crippen molar-refractivity contribution in [3.05, 3.63) is 16.3 Å². The van der Waals surface area contributed by atoms with Crippen LogP contribution in [0.2, 0.25) is 0 Å². The van der Waals surface area contributed by atoms with E-state index >= 15 is 0 Å². The van der Waals surface area contributed by atoms with Gasteiger partial charge >= 0.3 is 0 Å². The summed E-state index contributed by atoms with van der Waals surface area (Å²) in [6.45, 7) is 5.28. The summed E-state index contributed by atoms with van der Waals surface area (Å²) in [7, 11) is -3.37. The van der Waals surface area contributed by atoms with Crippen LogP contribution in [0.15, 0.2) is 16.3 Å². The molecule has 2 rings (SSSR count). The summed E-state index contributed by atoms with van der Waals surface area (Å²) in [5, 5.41) is 5.13. The molecule has 0 bridgehead atoms. The van der Waals surface area contributed by atoms with Gasteiger partial charge in [0.1, 0.15) is 0 Å². The third kappa shape index (κ3) is 5.06. The summed E-state index contributed by atoms with van der Waals surface area (Å²) in [5.74, 6) is 0.706. The average Bonchev–Trinajstić information content (AvgIpc) is 3.07. The maximum atomic E-state index is 12.4. The highest BCUT2D eigenvalue weighted by Gasteiger charge is 2.21. The average molecular weight is 331 g/mol. The van der Waals surface area contributed by atoms with Crippen LogP contribution in [0.4, 0.5) is 0 Å². The smallest absolute Gasteiger partial charge is 0.241 e. The van der Waals surface area contributed by atoms with Crippen LogP contribution in [-0.2, 0) is 16.6 Å². The summed E-state index contributed by atoms with van der Waals surface area (Å²) in [5.41, 5.74) is 0. The fourth-order valence-electron chi connectivity index (χ4n) is 2.77. The van der Waals surface area contributed by atoms with Crippen molar-refractivity contribution in [3.8, 4) is 0 Å². The van der Waals surface area contributed by atoms with Gasteiger partial charge in [-0.15, -0.1) is 11.3 Å². The lowest BCUT2D eigenvalue weighted by molar-refractivity contribution is 0.495. The third-order valence-electron chi connectivity index (χ3n) is 3.98. The Bertz CT molecular complexity index is 532. The highest BCUT2D eigenvalue weighted by atomic mass is 32.2. The largest absolute Gasteiger partial charge is 0.310 e. The molecule has 0 saturated heterocycles. The minimum atomic E-state index is -3.37. The zero-order chi connectivity index (χ0) is 15.3. The third-order valence-corrected chi connectivity index (χ3v) is 6.58. The Hall–Kier alpha value is -0.430. The topological polar surface area (TPSA) is 58.2 Å². The van der Waals surface area contributed by atoms with E-state index in [1.165, 1.54) is 37.0 Å². The summed E-state index contributed by atoms with van der Waals surface area (Å²) < 4.78 is 27.6. The lowest BCUT2D eigenvalue weighted by atomic mass is 10.1. The van der Waals surface area contributed by atoms with Crippen molar-refractivity contribution in [1.82, 2.24) is 10.0 Å². The molecule has 0 atom stereocenters. The Morgan fingerprint density at radius 2 is 2.05 bits per heavy atom. The summed E-state index contributed by atoms with van der Waals surface area (Å²) >= 11 is 1.50. The minimum absolute atomic E-state index is 0.345. The number of rotatable bonds is 8. The highest BCUT2D eigenvalue weighted by Crippen LogP contribution is 2.27. The molecule has 1 aliphatic rings. The predicted octanol–water partition coefficient (Wildman–Crippen LogP) is 3.10. The van der Waals surface area contributed by atoms with Gasteiger partial charge in [-0.25, -0.2) is 13.1 Å². The fourth-order valence-corrected chi connectivity index (χ4v) is 5.21. The monoisotopic (exact) mass is 330 g/mol. The number of thiophene rings is 1. The van der Waals surface area contributed by atoms with Crippen molar-refractivity contribution in [1.29, 1.82) is 0 Å². The molecule has 4 nitrogen and oxygen atoms in total. The van der Waals surface area contributed by atoms with E-state index in [1.807, 2.05) is 5.38 Å². The van der Waals surface area contributed by atoms with E-state index in [-0.39, 0.29) is 0 Å². The number of hydrogen-bond donors (Lipinski definition) is 2. The van der Waals surface area contributed by atoms with Crippen molar-refractivity contribution in [2.24, 2.45) is 5.92 Å². The van der Waals surface area contributed by atoms with Crippen LogP contribution in [-0.4, -0.2) is 21.0 Å². The molecule has 0 radical (unpaired) electrons. The van der Waals surface area contributed by atoms with Crippen LogP contribution in [0.5, 0.6) is 0 Å². The molecule has 1 saturated carbocycles. The molecule has 0 aliphatic heterocycles. The Balaban J connectivity index is 1.90. The van der Waals surface area contributed by atoms with Gasteiger partial charge in [0, 0.05) is 24.0 Å². The molecule has 1 aromatic rings. The van der Waals surface area contributed by atoms with Gasteiger partial charge in [0.05, 0.1) is 4.90 Å². The second-order valence-corrected chi connectivity index (χ2v) is 8.82. The molecule has 1 heterocycles. The van der Waals surface area contributed by atoms with Gasteiger partial charge < -0.3 is 5.32 Å². The standard InChI is InChI=1S/C15H26N2O2S2/c1-12(2)16-11-14-15(8-10-20-14)21(18,19)17-9-7-13-5-3-4-6-13/h8,10,12-13,16-17H,3-7,9,11H2,1-2H3. The number of sulfonamides is 1. The molecule has 0 amide bonds. The second kappa shape index (κ2) is 7.72. The van der Waals surface area contributed by atoms with Crippen LogP contribution < -0.4 is 10.0 Å². The maximum absolute atomic E-state index is 12.4. The Kier molecular flexibility index (Phi) is 6.22. The predicted molar refractivity (Wildman–Crippen MR) is 88.1 cm³/mol. The van der Waals surface area contributed by atoms with Gasteiger partial charge in [0.2, 0.25) is 10.0 Å². The first-order chi connectivity index (χ1) is 9.99. The first-order valence-corrected chi connectivity index (χ1v) is 10.1. The second-order valence-electron chi connectivity index (χ2n) is 6.08. The Morgan fingerprint density at radius 1 is 1.33 bits per heavy atom. The summed E-state index contributed by atoms with van der Waals surface area (Å²) in [6.07, 6.45) is 6.07. The van der Waals surface area contributed by atoms with Crippen molar-refractivity contribution >= 4 is 21.4 Å². The van der Waals surface area contributed by atoms with Crippen molar-refractivity contribution < 1.29 is 8.42 Å². The van der Waals surface area contributed by atoms with Crippen LogP contribution in [0.25, 0.3) is 0 Å². The van der Waals surface area contributed by atoms with Gasteiger partial charge in [0.25, 0.3) is 0 Å². The van der Waals surface area contributed by atoms with Gasteiger partial charge in [-0.3, -0.25) is 0 Å². The van der Waals surface area contributed by atoms with E-state index in [9.17, 15) is 8.42 Å². The minimum Gasteiger partial charge on any atom is -0.310 e. The summed E-state index contributed by atoms with van der Waals surface area (Å²) in [4.78, 5) is 1.32. The molecule has 21 heavy (non-hydrogen) atoms. The summed E-state index contributed by atoms with van der Waals surface area (Å²) in [6, 6.07) is 2.05. The molecule has 0 unspecified atom stereocenters. The zero-order valence-corrected chi connectivity index (χ0v) is 14.5. The van der Waals surface area contributed by atoms with E-state index in [2.05, 4.69) is 23.9 Å². The van der Waals surface area contributed by atoms with Gasteiger partial charge in [0.15, 0.2) is 0 Å². The molecular weight excluding hydrogens is 304 g/mol. The highest BCUT2D eigenvalue weighted by molar-refractivity contribution is 7.89. The molecule has 2 N–H and O–H groups in total. The zero-order valence-electron chi connectivity index (χ0n) is 12.9. The number of hydrogen-bond acceptors (Lipinski definition) is 4. The van der Waals surface area contributed by atoms with Crippen LogP contribution >= 0.6 is 11.3 Å². The molecule has 1 fully saturated rings.